The molecule has 2 aromatic carbocycles. The van der Waals surface area contributed by atoms with Crippen molar-refractivity contribution >= 4 is 44.9 Å². The lowest BCUT2D eigenvalue weighted by Gasteiger charge is -2.14. The summed E-state index contributed by atoms with van der Waals surface area (Å²) in [5, 5.41) is -0.270. The number of carbonyl (C=O) groups excluding carboxylic acids is 2. The van der Waals surface area contributed by atoms with Gasteiger partial charge in [-0.15, -0.1) is 0 Å². The van der Waals surface area contributed by atoms with Gasteiger partial charge in [0.1, 0.15) is 18.2 Å². The van der Waals surface area contributed by atoms with Gasteiger partial charge in [0.15, 0.2) is 0 Å². The van der Waals surface area contributed by atoms with Crippen molar-refractivity contribution in [1.29, 1.82) is 0 Å². The van der Waals surface area contributed by atoms with Crippen LogP contribution in [-0.2, 0) is 11.4 Å². The summed E-state index contributed by atoms with van der Waals surface area (Å²) in [6, 6.07) is 11.8. The van der Waals surface area contributed by atoms with Gasteiger partial charge < -0.3 is 4.74 Å². The molecule has 1 aliphatic rings. The van der Waals surface area contributed by atoms with Gasteiger partial charge >= 0.3 is 0 Å². The van der Waals surface area contributed by atoms with E-state index in [-0.39, 0.29) is 29.5 Å². The summed E-state index contributed by atoms with van der Waals surface area (Å²) in [7, 11) is 0. The Kier molecular flexibility index (Phi) is 6.57. The molecule has 1 heterocycles. The third-order valence-electron chi connectivity index (χ3n) is 4.02. The van der Waals surface area contributed by atoms with Crippen molar-refractivity contribution in [3.8, 4) is 5.75 Å². The van der Waals surface area contributed by atoms with E-state index in [1.54, 1.807) is 42.5 Å². The van der Waals surface area contributed by atoms with Gasteiger partial charge in [0.25, 0.3) is 11.1 Å². The minimum Gasteiger partial charge on any atom is -0.488 e. The van der Waals surface area contributed by atoms with E-state index < -0.39 is 0 Å². The van der Waals surface area contributed by atoms with Crippen LogP contribution in [0.4, 0.5) is 9.18 Å². The van der Waals surface area contributed by atoms with Crippen molar-refractivity contribution in [3.63, 3.8) is 0 Å². The van der Waals surface area contributed by atoms with E-state index in [4.69, 9.17) is 4.74 Å². The van der Waals surface area contributed by atoms with E-state index in [1.807, 2.05) is 13.8 Å². The van der Waals surface area contributed by atoms with Crippen molar-refractivity contribution in [1.82, 2.24) is 4.90 Å². The molecule has 2 amide bonds. The van der Waals surface area contributed by atoms with Gasteiger partial charge in [0.05, 0.1) is 4.91 Å². The van der Waals surface area contributed by atoms with Crippen LogP contribution in [0.1, 0.15) is 25.0 Å². The Labute approximate surface area is 175 Å². The number of rotatable bonds is 6. The molecule has 0 aromatic heterocycles. The zero-order valence-corrected chi connectivity index (χ0v) is 17.8. The number of halogens is 2. The second-order valence-corrected chi connectivity index (χ2v) is 8.66. The zero-order valence-electron chi connectivity index (χ0n) is 15.4. The Bertz CT molecular complexity index is 945. The molecule has 1 saturated heterocycles. The fraction of sp³-hybridized carbons (Fsp3) is 0.238. The zero-order chi connectivity index (χ0) is 20.3. The van der Waals surface area contributed by atoms with Crippen molar-refractivity contribution in [2.45, 2.75) is 20.5 Å². The number of hydrogen-bond donors (Lipinski definition) is 0. The first-order chi connectivity index (χ1) is 13.3. The molecule has 2 aromatic rings. The minimum atomic E-state index is -0.337. The first kappa shape index (κ1) is 20.6. The van der Waals surface area contributed by atoms with Crippen molar-refractivity contribution in [2.75, 3.05) is 6.54 Å². The van der Waals surface area contributed by atoms with Crippen molar-refractivity contribution < 1.29 is 18.7 Å². The average Bonchev–Trinajstić information content (AvgIpc) is 2.89. The van der Waals surface area contributed by atoms with Gasteiger partial charge in [-0.05, 0) is 48.0 Å². The summed E-state index contributed by atoms with van der Waals surface area (Å²) in [4.78, 5) is 26.4. The Hall–Kier alpha value is -2.12. The third-order valence-corrected chi connectivity index (χ3v) is 5.42. The topological polar surface area (TPSA) is 46.6 Å². The summed E-state index contributed by atoms with van der Waals surface area (Å²) >= 11 is 4.33. The monoisotopic (exact) mass is 463 g/mol. The highest BCUT2D eigenvalue weighted by Crippen LogP contribution is 2.35. The quantitative estimate of drug-likeness (QED) is 0.503. The SMILES string of the molecule is CC(C)CN1C(=O)SC(=Cc2cc(Br)ccc2OCc2ccccc2F)C1=O. The average molecular weight is 464 g/mol. The van der Waals surface area contributed by atoms with Crippen molar-refractivity contribution in [2.24, 2.45) is 5.92 Å². The van der Waals surface area contributed by atoms with E-state index in [9.17, 15) is 14.0 Å². The van der Waals surface area contributed by atoms with Crippen molar-refractivity contribution in [3.05, 3.63) is 68.8 Å². The van der Waals surface area contributed by atoms with Gasteiger partial charge in [-0.1, -0.05) is 48.0 Å². The summed E-state index contributed by atoms with van der Waals surface area (Å²) < 4.78 is 20.4. The predicted octanol–water partition coefficient (Wildman–Crippen LogP) is 5.86. The lowest BCUT2D eigenvalue weighted by Crippen LogP contribution is -2.31. The van der Waals surface area contributed by atoms with E-state index in [2.05, 4.69) is 15.9 Å². The number of carbonyl (C=O) groups is 2. The maximum Gasteiger partial charge on any atom is 0.293 e. The van der Waals surface area contributed by atoms with Crippen LogP contribution >= 0.6 is 27.7 Å². The largest absolute Gasteiger partial charge is 0.488 e. The van der Waals surface area contributed by atoms with E-state index in [0.29, 0.717) is 28.3 Å². The van der Waals surface area contributed by atoms with Gasteiger partial charge in [0.2, 0.25) is 0 Å². The Morgan fingerprint density at radius 1 is 1.21 bits per heavy atom. The van der Waals surface area contributed by atoms with Crippen LogP contribution in [0.15, 0.2) is 51.8 Å². The number of thioether (sulfide) groups is 1. The first-order valence-corrected chi connectivity index (χ1v) is 10.4. The molecule has 1 aliphatic heterocycles. The molecule has 0 radical (unpaired) electrons. The number of ether oxygens (including phenoxy) is 1. The summed E-state index contributed by atoms with van der Waals surface area (Å²) in [5.41, 5.74) is 1.08. The standard InChI is InChI=1S/C21H19BrFNO3S/c1-13(2)11-24-20(25)19(28-21(24)26)10-15-9-16(22)7-8-18(15)27-12-14-5-3-4-6-17(14)23/h3-10,13H,11-12H2,1-2H3. The summed E-state index contributed by atoms with van der Waals surface area (Å²) in [5.74, 6) is 0.0557. The smallest absolute Gasteiger partial charge is 0.293 e. The molecule has 4 nitrogen and oxygen atoms in total. The molecule has 0 aliphatic carbocycles. The molecule has 1 fully saturated rings. The number of amides is 2. The number of imide groups is 1. The molecule has 0 atom stereocenters. The van der Waals surface area contributed by atoms with E-state index >= 15 is 0 Å². The van der Waals surface area contributed by atoms with Gasteiger partial charge in [0, 0.05) is 22.1 Å². The molecule has 0 N–H and O–H groups in total. The Morgan fingerprint density at radius 3 is 2.68 bits per heavy atom. The maximum absolute atomic E-state index is 13.8. The van der Waals surface area contributed by atoms with Crippen LogP contribution in [0.2, 0.25) is 0 Å². The molecule has 146 valence electrons. The second-order valence-electron chi connectivity index (χ2n) is 6.75. The summed E-state index contributed by atoms with van der Waals surface area (Å²) in [6.45, 7) is 4.35. The number of benzene rings is 2. The lowest BCUT2D eigenvalue weighted by atomic mass is 10.1. The molecule has 3 rings (SSSR count). The molecule has 0 saturated carbocycles. The van der Waals surface area contributed by atoms with Crippen LogP contribution in [0.25, 0.3) is 6.08 Å². The molecule has 7 heteroatoms. The van der Waals surface area contributed by atoms with Crippen LogP contribution < -0.4 is 4.74 Å². The predicted molar refractivity (Wildman–Crippen MR) is 112 cm³/mol. The number of nitrogens with zero attached hydrogens (tertiary/aromatic N) is 1. The number of hydrogen-bond acceptors (Lipinski definition) is 4. The van der Waals surface area contributed by atoms with E-state index in [0.717, 1.165) is 16.2 Å². The highest BCUT2D eigenvalue weighted by Gasteiger charge is 2.35. The maximum atomic E-state index is 13.8. The Balaban J connectivity index is 1.85. The fourth-order valence-corrected chi connectivity index (χ4v) is 3.92. The van der Waals surface area contributed by atoms with Crippen LogP contribution in [0, 0.1) is 11.7 Å². The molecule has 0 bridgehead atoms. The summed E-state index contributed by atoms with van der Waals surface area (Å²) in [6.07, 6.45) is 1.65. The third kappa shape index (κ3) is 4.83. The minimum absolute atomic E-state index is 0.0595. The normalized spacial score (nSPS) is 15.8. The van der Waals surface area contributed by atoms with Gasteiger partial charge in [-0.3, -0.25) is 14.5 Å². The second kappa shape index (κ2) is 8.92. The molecular formula is C21H19BrFNO3S. The Morgan fingerprint density at radius 2 is 1.96 bits per heavy atom. The van der Waals surface area contributed by atoms with E-state index in [1.165, 1.54) is 11.0 Å². The highest BCUT2D eigenvalue weighted by molar-refractivity contribution is 9.10. The van der Waals surface area contributed by atoms with Gasteiger partial charge in [-0.2, -0.15) is 0 Å². The highest BCUT2D eigenvalue weighted by atomic mass is 79.9. The van der Waals surface area contributed by atoms with Crippen LogP contribution in [0.3, 0.4) is 0 Å². The fourth-order valence-electron chi connectivity index (χ4n) is 2.70. The first-order valence-electron chi connectivity index (χ1n) is 8.76. The van der Waals surface area contributed by atoms with Crippen LogP contribution in [0.5, 0.6) is 5.75 Å². The molecule has 28 heavy (non-hydrogen) atoms. The lowest BCUT2D eigenvalue weighted by molar-refractivity contribution is -0.123. The van der Waals surface area contributed by atoms with Crippen LogP contribution in [-0.4, -0.2) is 22.6 Å². The molecule has 0 spiro atoms. The van der Waals surface area contributed by atoms with Gasteiger partial charge in [-0.25, -0.2) is 4.39 Å². The molecule has 0 unspecified atom stereocenters. The molecular weight excluding hydrogens is 445 g/mol.